The van der Waals surface area contributed by atoms with Crippen molar-refractivity contribution in [1.82, 2.24) is 10.2 Å². The van der Waals surface area contributed by atoms with Crippen molar-refractivity contribution in [2.75, 3.05) is 0 Å². The summed E-state index contributed by atoms with van der Waals surface area (Å²) in [5.41, 5.74) is 1.26. The number of carbonyl (C=O) groups is 1. The maximum absolute atomic E-state index is 12.2. The summed E-state index contributed by atoms with van der Waals surface area (Å²) >= 11 is 0. The van der Waals surface area contributed by atoms with E-state index in [1.54, 1.807) is 20.8 Å². The number of hydrogen-bond acceptors (Lipinski definition) is 5. The predicted octanol–water partition coefficient (Wildman–Crippen LogP) is 4.08. The molecule has 0 unspecified atom stereocenters. The Morgan fingerprint density at radius 3 is 2.16 bits per heavy atom. The molecule has 0 radical (unpaired) electrons. The Labute approximate surface area is 184 Å². The topological polar surface area (TPSA) is 93.7 Å². The van der Waals surface area contributed by atoms with E-state index in [1.165, 1.54) is 6.08 Å². The molecule has 168 valence electrons. The fourth-order valence-corrected chi connectivity index (χ4v) is 3.31. The van der Waals surface area contributed by atoms with Gasteiger partial charge in [0, 0.05) is 5.41 Å². The second kappa shape index (κ2) is 11.6. The molecule has 2 rings (SSSR count). The highest BCUT2D eigenvalue weighted by atomic mass is 32.2. The van der Waals surface area contributed by atoms with Crippen LogP contribution in [0.2, 0.25) is 0 Å². The smallest absolute Gasteiger partial charge is 0.408 e. The van der Waals surface area contributed by atoms with Crippen LogP contribution in [0.4, 0.5) is 4.79 Å². The molecule has 0 heterocycles. The van der Waals surface area contributed by atoms with Crippen LogP contribution in [-0.4, -0.2) is 26.2 Å². The molecule has 0 aliphatic carbocycles. The normalized spacial score (nSPS) is 13.1. The quantitative estimate of drug-likeness (QED) is 0.537. The molecule has 0 saturated carbocycles. The van der Waals surface area contributed by atoms with Gasteiger partial charge in [-0.25, -0.2) is 13.2 Å². The van der Waals surface area contributed by atoms with Gasteiger partial charge in [0.15, 0.2) is 0 Å². The Bertz CT molecular complexity index is 939. The van der Waals surface area contributed by atoms with Gasteiger partial charge in [-0.1, -0.05) is 65.5 Å². The molecular weight excluding hydrogens is 416 g/mol. The first-order chi connectivity index (χ1) is 14.6. The molecule has 0 aliphatic rings. The van der Waals surface area contributed by atoms with Crippen LogP contribution in [0.5, 0.6) is 0 Å². The van der Waals surface area contributed by atoms with E-state index in [0.29, 0.717) is 12.8 Å². The van der Waals surface area contributed by atoms with Crippen molar-refractivity contribution in [3.8, 4) is 0 Å². The average Bonchev–Trinajstić information content (AvgIpc) is 2.70. The Balaban J connectivity index is 1.97. The molecule has 0 fully saturated rings. The molecule has 2 N–H and O–H groups in total. The van der Waals surface area contributed by atoms with E-state index in [-0.39, 0.29) is 6.61 Å². The third-order valence-corrected chi connectivity index (χ3v) is 4.90. The van der Waals surface area contributed by atoms with E-state index < -0.39 is 27.8 Å². The van der Waals surface area contributed by atoms with Crippen LogP contribution in [0.1, 0.15) is 38.3 Å². The van der Waals surface area contributed by atoms with E-state index in [0.717, 1.165) is 16.5 Å². The molecule has 0 aliphatic heterocycles. The number of nitrogens with one attached hydrogen (secondary N) is 2. The minimum absolute atomic E-state index is 0.0987. The Morgan fingerprint density at radius 2 is 1.58 bits per heavy atom. The SMILES string of the molecule is CC(C)(C)OC(=O)N[C@H](/C=C/S(=O)(=O)NOCc1ccccc1)CCc1ccccc1. The van der Waals surface area contributed by atoms with Gasteiger partial charge in [0.1, 0.15) is 5.60 Å². The lowest BCUT2D eigenvalue weighted by Gasteiger charge is -2.22. The van der Waals surface area contributed by atoms with Crippen LogP contribution in [0.3, 0.4) is 0 Å². The molecule has 0 spiro atoms. The maximum Gasteiger partial charge on any atom is 0.408 e. The predicted molar refractivity (Wildman–Crippen MR) is 120 cm³/mol. The van der Waals surface area contributed by atoms with Crippen LogP contribution < -0.4 is 10.2 Å². The van der Waals surface area contributed by atoms with Gasteiger partial charge >= 0.3 is 6.09 Å². The molecule has 2 aromatic carbocycles. The fraction of sp³-hybridized carbons (Fsp3) is 0.348. The highest BCUT2D eigenvalue weighted by molar-refractivity contribution is 7.92. The fourth-order valence-electron chi connectivity index (χ4n) is 2.64. The van der Waals surface area contributed by atoms with Gasteiger partial charge in [-0.2, -0.15) is 0 Å². The molecule has 1 amide bonds. The zero-order valence-corrected chi connectivity index (χ0v) is 18.9. The number of benzene rings is 2. The summed E-state index contributed by atoms with van der Waals surface area (Å²) in [5, 5.41) is 3.71. The number of alkyl carbamates (subject to hydrolysis) is 1. The van der Waals surface area contributed by atoms with Gasteiger partial charge in [-0.05, 0) is 50.8 Å². The lowest BCUT2D eigenvalue weighted by molar-refractivity contribution is 0.0512. The van der Waals surface area contributed by atoms with Gasteiger partial charge < -0.3 is 10.1 Å². The van der Waals surface area contributed by atoms with E-state index in [1.807, 2.05) is 60.7 Å². The summed E-state index contributed by atoms with van der Waals surface area (Å²) in [6, 6.07) is 18.4. The first-order valence-corrected chi connectivity index (χ1v) is 11.6. The van der Waals surface area contributed by atoms with Gasteiger partial charge in [-0.15, -0.1) is 0 Å². The number of amides is 1. The molecule has 2 aromatic rings. The van der Waals surface area contributed by atoms with Crippen LogP contribution in [0.15, 0.2) is 72.1 Å². The molecular formula is C23H30N2O5S. The summed E-state index contributed by atoms with van der Waals surface area (Å²) in [7, 11) is -3.85. The molecule has 1 atom stereocenters. The molecule has 0 aromatic heterocycles. The van der Waals surface area contributed by atoms with E-state index in [4.69, 9.17) is 9.57 Å². The second-order valence-corrected chi connectivity index (χ2v) is 9.54. The third kappa shape index (κ3) is 10.8. The van der Waals surface area contributed by atoms with Gasteiger partial charge in [0.05, 0.1) is 12.6 Å². The number of hydrogen-bond donors (Lipinski definition) is 2. The minimum atomic E-state index is -3.85. The van der Waals surface area contributed by atoms with Crippen molar-refractivity contribution in [2.45, 2.75) is 51.9 Å². The van der Waals surface area contributed by atoms with Gasteiger partial charge in [-0.3, -0.25) is 4.84 Å². The molecule has 7 nitrogen and oxygen atoms in total. The van der Waals surface area contributed by atoms with Crippen molar-refractivity contribution < 1.29 is 22.8 Å². The Kier molecular flexibility index (Phi) is 9.23. The maximum atomic E-state index is 12.2. The molecule has 0 bridgehead atoms. The molecule has 0 saturated heterocycles. The summed E-state index contributed by atoms with van der Waals surface area (Å²) in [6.07, 6.45) is 1.96. The Hall–Kier alpha value is -2.68. The summed E-state index contributed by atoms with van der Waals surface area (Å²) in [6.45, 7) is 5.39. The Morgan fingerprint density at radius 1 is 1.00 bits per heavy atom. The summed E-state index contributed by atoms with van der Waals surface area (Å²) < 4.78 is 29.8. The summed E-state index contributed by atoms with van der Waals surface area (Å²) in [4.78, 5) is 19.3. The van der Waals surface area contributed by atoms with Gasteiger partial charge in [0.25, 0.3) is 10.0 Å². The lowest BCUT2D eigenvalue weighted by Crippen LogP contribution is -2.38. The minimum Gasteiger partial charge on any atom is -0.444 e. The van der Waals surface area contributed by atoms with Crippen LogP contribution in [0.25, 0.3) is 0 Å². The van der Waals surface area contributed by atoms with E-state index in [2.05, 4.69) is 10.2 Å². The van der Waals surface area contributed by atoms with Crippen LogP contribution in [-0.2, 0) is 32.6 Å². The van der Waals surface area contributed by atoms with Crippen molar-refractivity contribution in [3.05, 3.63) is 83.3 Å². The van der Waals surface area contributed by atoms with Crippen LogP contribution in [0, 0.1) is 0 Å². The monoisotopic (exact) mass is 446 g/mol. The number of rotatable bonds is 10. The summed E-state index contributed by atoms with van der Waals surface area (Å²) in [5.74, 6) is 0. The second-order valence-electron chi connectivity index (χ2n) is 8.01. The van der Waals surface area contributed by atoms with Crippen molar-refractivity contribution in [1.29, 1.82) is 0 Å². The highest BCUT2D eigenvalue weighted by Crippen LogP contribution is 2.10. The largest absolute Gasteiger partial charge is 0.444 e. The van der Waals surface area contributed by atoms with Crippen molar-refractivity contribution in [2.24, 2.45) is 0 Å². The van der Waals surface area contributed by atoms with E-state index >= 15 is 0 Å². The zero-order chi connectivity index (χ0) is 22.7. The standard InChI is InChI=1S/C23H30N2O5S/c1-23(2,3)30-22(26)24-21(15-14-19-10-6-4-7-11-19)16-17-31(27,28)25-29-18-20-12-8-5-9-13-20/h4-13,16-17,21,25H,14-15,18H2,1-3H3,(H,24,26)/b17-16+/t21-/m0/s1. The van der Waals surface area contributed by atoms with Gasteiger partial charge in [0.2, 0.25) is 0 Å². The average molecular weight is 447 g/mol. The highest BCUT2D eigenvalue weighted by Gasteiger charge is 2.19. The number of carbonyl (C=O) groups excluding carboxylic acids is 1. The van der Waals surface area contributed by atoms with E-state index in [9.17, 15) is 13.2 Å². The van der Waals surface area contributed by atoms with Crippen molar-refractivity contribution in [3.63, 3.8) is 0 Å². The number of sulfonamides is 1. The lowest BCUT2D eigenvalue weighted by atomic mass is 10.1. The molecule has 8 heteroatoms. The van der Waals surface area contributed by atoms with Crippen molar-refractivity contribution >= 4 is 16.1 Å². The first kappa shape index (κ1) is 24.6. The third-order valence-electron chi connectivity index (χ3n) is 4.04. The molecule has 31 heavy (non-hydrogen) atoms. The zero-order valence-electron chi connectivity index (χ0n) is 18.1. The number of ether oxygens (including phenoxy) is 1. The number of aryl methyl sites for hydroxylation is 1. The first-order valence-electron chi connectivity index (χ1n) is 10.0. The van der Waals surface area contributed by atoms with Crippen LogP contribution >= 0.6 is 0 Å².